The fourth-order valence-corrected chi connectivity index (χ4v) is 4.27. The Hall–Kier alpha value is -3.97. The van der Waals surface area contributed by atoms with Crippen molar-refractivity contribution in [3.05, 3.63) is 93.6 Å². The predicted molar refractivity (Wildman–Crippen MR) is 133 cm³/mol. The van der Waals surface area contributed by atoms with E-state index < -0.39 is 17.4 Å². The molecule has 2 aromatic rings. The summed E-state index contributed by atoms with van der Waals surface area (Å²) in [5, 5.41) is 10.1. The number of carbonyl (C=O) groups is 3. The molecule has 2 aromatic carbocycles. The molecular formula is C28H28N2O5. The van der Waals surface area contributed by atoms with Gasteiger partial charge in [-0.15, -0.1) is 5.48 Å². The van der Waals surface area contributed by atoms with Crippen molar-refractivity contribution in [2.24, 2.45) is 5.73 Å². The zero-order chi connectivity index (χ0) is 25.3. The number of aromatic hydroxyl groups is 1. The maximum absolute atomic E-state index is 13.4. The van der Waals surface area contributed by atoms with Crippen molar-refractivity contribution in [2.45, 2.75) is 45.6 Å². The monoisotopic (exact) mass is 472 g/mol. The lowest BCUT2D eigenvalue weighted by Crippen LogP contribution is -2.42. The molecule has 35 heavy (non-hydrogen) atoms. The van der Waals surface area contributed by atoms with Gasteiger partial charge in [-0.2, -0.15) is 0 Å². The Morgan fingerprint density at radius 3 is 2.49 bits per heavy atom. The third-order valence-corrected chi connectivity index (χ3v) is 6.83. The van der Waals surface area contributed by atoms with Crippen molar-refractivity contribution >= 4 is 23.2 Å². The molecule has 0 heterocycles. The Bertz CT molecular complexity index is 1330. The van der Waals surface area contributed by atoms with Crippen molar-refractivity contribution in [1.29, 1.82) is 0 Å². The zero-order valence-corrected chi connectivity index (χ0v) is 20.0. The number of hydrogen-bond donors (Lipinski definition) is 3. The van der Waals surface area contributed by atoms with Crippen LogP contribution in [0.5, 0.6) is 5.75 Å². The van der Waals surface area contributed by atoms with Crippen LogP contribution in [0.4, 0.5) is 0 Å². The van der Waals surface area contributed by atoms with Gasteiger partial charge in [0.2, 0.25) is 5.91 Å². The van der Waals surface area contributed by atoms with Gasteiger partial charge < -0.3 is 15.7 Å². The summed E-state index contributed by atoms with van der Waals surface area (Å²) in [6.07, 6.45) is 6.73. The number of nitrogens with one attached hydrogen (secondary N) is 1. The summed E-state index contributed by atoms with van der Waals surface area (Å²) in [6, 6.07) is 9.68. The van der Waals surface area contributed by atoms with Crippen LogP contribution in [0.1, 0.15) is 71.0 Å². The van der Waals surface area contributed by atoms with Crippen LogP contribution in [0.25, 0.3) is 5.57 Å². The molecule has 0 spiro atoms. The molecule has 0 saturated carbocycles. The fraction of sp³-hybridized carbons (Fsp3) is 0.250. The van der Waals surface area contributed by atoms with Gasteiger partial charge in [0.05, 0.1) is 11.1 Å². The van der Waals surface area contributed by atoms with Gasteiger partial charge in [-0.05, 0) is 96.0 Å². The molecule has 0 atom stereocenters. The Morgan fingerprint density at radius 1 is 1.09 bits per heavy atom. The Morgan fingerprint density at radius 2 is 1.80 bits per heavy atom. The van der Waals surface area contributed by atoms with Gasteiger partial charge in [-0.1, -0.05) is 32.1 Å². The molecule has 0 fully saturated rings. The van der Waals surface area contributed by atoms with Gasteiger partial charge in [-0.3, -0.25) is 9.59 Å². The normalized spacial score (nSPS) is 14.8. The second-order valence-electron chi connectivity index (χ2n) is 9.10. The molecule has 0 aliphatic heterocycles. The van der Waals surface area contributed by atoms with E-state index in [1.165, 1.54) is 12.1 Å². The van der Waals surface area contributed by atoms with Crippen molar-refractivity contribution in [1.82, 2.24) is 5.48 Å². The SMILES string of the molecule is CCC(C)(CC)NOC(=O)c1cc(C(N)=O)ccc1C1=C2C=CC(=O)C=C2Cc2cc(O)ccc21. The smallest absolute Gasteiger partial charge is 0.357 e. The highest BCUT2D eigenvalue weighted by Crippen LogP contribution is 2.42. The van der Waals surface area contributed by atoms with Crippen LogP contribution in [0, 0.1) is 0 Å². The second-order valence-corrected chi connectivity index (χ2v) is 9.10. The van der Waals surface area contributed by atoms with Crippen molar-refractivity contribution in [3.8, 4) is 5.75 Å². The summed E-state index contributed by atoms with van der Waals surface area (Å²) in [5.74, 6) is -1.34. The molecule has 7 nitrogen and oxygen atoms in total. The molecule has 0 radical (unpaired) electrons. The number of rotatable bonds is 7. The van der Waals surface area contributed by atoms with E-state index in [-0.39, 0.29) is 22.7 Å². The average molecular weight is 473 g/mol. The number of nitrogens with two attached hydrogens (primary N) is 1. The van der Waals surface area contributed by atoms with E-state index in [0.29, 0.717) is 17.6 Å². The topological polar surface area (TPSA) is 119 Å². The van der Waals surface area contributed by atoms with Crippen LogP contribution in [0.2, 0.25) is 0 Å². The van der Waals surface area contributed by atoms with Crippen LogP contribution >= 0.6 is 0 Å². The molecule has 0 unspecified atom stereocenters. The number of fused-ring (bicyclic) bond motifs is 2. The number of hydrogen-bond acceptors (Lipinski definition) is 6. The summed E-state index contributed by atoms with van der Waals surface area (Å²) < 4.78 is 0. The van der Waals surface area contributed by atoms with Crippen molar-refractivity contribution in [3.63, 3.8) is 0 Å². The first-order valence-electron chi connectivity index (χ1n) is 11.6. The van der Waals surface area contributed by atoms with Crippen molar-refractivity contribution < 1.29 is 24.3 Å². The van der Waals surface area contributed by atoms with Crippen LogP contribution in [0.3, 0.4) is 0 Å². The molecule has 0 saturated heterocycles. The Kier molecular flexibility index (Phi) is 6.45. The number of phenols is 1. The van der Waals surface area contributed by atoms with Gasteiger partial charge in [0, 0.05) is 5.56 Å². The predicted octanol–water partition coefficient (Wildman–Crippen LogP) is 4.15. The molecule has 0 aromatic heterocycles. The highest BCUT2D eigenvalue weighted by Gasteiger charge is 2.29. The van der Waals surface area contributed by atoms with Crippen LogP contribution in [-0.4, -0.2) is 28.3 Å². The lowest BCUT2D eigenvalue weighted by molar-refractivity contribution is -0.110. The summed E-state index contributed by atoms with van der Waals surface area (Å²) in [6.45, 7) is 5.94. The van der Waals surface area contributed by atoms with Gasteiger partial charge >= 0.3 is 5.97 Å². The van der Waals surface area contributed by atoms with Gasteiger partial charge in [0.25, 0.3) is 0 Å². The minimum atomic E-state index is -0.666. The minimum absolute atomic E-state index is 0.108. The summed E-state index contributed by atoms with van der Waals surface area (Å²) >= 11 is 0. The summed E-state index contributed by atoms with van der Waals surface area (Å²) in [7, 11) is 0. The quantitative estimate of drug-likeness (QED) is 0.521. The zero-order valence-electron chi connectivity index (χ0n) is 20.0. The minimum Gasteiger partial charge on any atom is -0.508 e. The number of amides is 1. The summed E-state index contributed by atoms with van der Waals surface area (Å²) in [4.78, 5) is 42.9. The molecule has 4 N–H and O–H groups in total. The highest BCUT2D eigenvalue weighted by atomic mass is 16.7. The van der Waals surface area contributed by atoms with E-state index >= 15 is 0 Å². The van der Waals surface area contributed by atoms with E-state index in [1.54, 1.807) is 42.5 Å². The van der Waals surface area contributed by atoms with Crippen molar-refractivity contribution in [2.75, 3.05) is 0 Å². The first-order chi connectivity index (χ1) is 16.7. The lowest BCUT2D eigenvalue weighted by atomic mass is 9.76. The van der Waals surface area contributed by atoms with Gasteiger partial charge in [0.15, 0.2) is 5.78 Å². The average Bonchev–Trinajstić information content (AvgIpc) is 2.85. The molecule has 2 aliphatic carbocycles. The third-order valence-electron chi connectivity index (χ3n) is 6.83. The first kappa shape index (κ1) is 24.2. The molecule has 7 heteroatoms. The third kappa shape index (κ3) is 4.68. The van der Waals surface area contributed by atoms with Crippen LogP contribution in [0.15, 0.2) is 65.8 Å². The number of benzene rings is 2. The standard InChI is InChI=1S/C28H28N2O5/c1-4-28(3,5-2)30-35-27(34)24-15-16(26(29)33)6-9-23(24)25-21-10-7-19(31)13-17(21)12-18-14-20(32)8-11-22(18)25/h6-11,13-15,30-31H,4-5,12H2,1-3H3,(H2,29,33). The number of carbonyl (C=O) groups excluding carboxylic acids is 3. The van der Waals surface area contributed by atoms with Gasteiger partial charge in [0.1, 0.15) is 5.75 Å². The number of primary amides is 1. The molecule has 180 valence electrons. The van der Waals surface area contributed by atoms with Gasteiger partial charge in [-0.25, -0.2) is 4.79 Å². The molecule has 2 aliphatic rings. The maximum atomic E-state index is 13.4. The van der Waals surface area contributed by atoms with E-state index in [1.807, 2.05) is 20.8 Å². The maximum Gasteiger partial charge on any atom is 0.357 e. The second kappa shape index (κ2) is 9.35. The molecule has 0 bridgehead atoms. The molecule has 4 rings (SSSR count). The van der Waals surface area contributed by atoms with E-state index in [0.717, 1.165) is 35.1 Å². The largest absolute Gasteiger partial charge is 0.508 e. The Labute approximate surface area is 203 Å². The van der Waals surface area contributed by atoms with E-state index in [2.05, 4.69) is 5.48 Å². The van der Waals surface area contributed by atoms with Crippen LogP contribution < -0.4 is 11.2 Å². The number of allylic oxidation sites excluding steroid dienone is 5. The number of ketones is 1. The summed E-state index contributed by atoms with van der Waals surface area (Å²) in [5.41, 5.74) is 12.8. The van der Waals surface area contributed by atoms with E-state index in [9.17, 15) is 19.5 Å². The number of hydroxylamine groups is 1. The van der Waals surface area contributed by atoms with E-state index in [4.69, 9.17) is 10.6 Å². The molecule has 1 amide bonds. The lowest BCUT2D eigenvalue weighted by Gasteiger charge is -2.28. The number of phenolic OH excluding ortho intramolecular Hbond substituents is 1. The first-order valence-corrected chi connectivity index (χ1v) is 11.6. The highest BCUT2D eigenvalue weighted by molar-refractivity contribution is 6.07. The molecular weight excluding hydrogens is 444 g/mol. The Balaban J connectivity index is 1.91. The fourth-order valence-electron chi connectivity index (χ4n) is 4.27. The van der Waals surface area contributed by atoms with Crippen LogP contribution in [-0.2, 0) is 16.1 Å².